The smallest absolute Gasteiger partial charge is 0.320 e. The Morgan fingerprint density at radius 2 is 2.05 bits per heavy atom. The molecule has 0 aromatic heterocycles. The van der Waals surface area contributed by atoms with Gasteiger partial charge in [-0.15, -0.1) is 0 Å². The van der Waals surface area contributed by atoms with E-state index in [0.29, 0.717) is 12.1 Å². The first-order valence-electron chi connectivity index (χ1n) is 6.83. The topological polar surface area (TPSA) is 60.9 Å². The van der Waals surface area contributed by atoms with Crippen molar-refractivity contribution in [1.82, 2.24) is 9.80 Å². The number of halogens is 1. The van der Waals surface area contributed by atoms with E-state index >= 15 is 0 Å². The van der Waals surface area contributed by atoms with E-state index < -0.39 is 12.0 Å². The summed E-state index contributed by atoms with van der Waals surface area (Å²) in [5.74, 6) is -1.29. The quantitative estimate of drug-likeness (QED) is 0.877. The lowest BCUT2D eigenvalue weighted by molar-refractivity contribution is -0.138. The van der Waals surface area contributed by atoms with Gasteiger partial charge in [0.05, 0.1) is 6.42 Å². The first-order chi connectivity index (χ1) is 9.85. The van der Waals surface area contributed by atoms with Crippen molar-refractivity contribution in [1.29, 1.82) is 0 Å². The van der Waals surface area contributed by atoms with E-state index in [2.05, 4.69) is 0 Å². The summed E-state index contributed by atoms with van der Waals surface area (Å²) in [6.07, 6.45) is -0.104. The molecule has 1 aromatic carbocycles. The zero-order chi connectivity index (χ0) is 16.0. The number of nitrogens with zero attached hydrogens (tertiary/aromatic N) is 2. The maximum absolute atomic E-state index is 13.1. The summed E-state index contributed by atoms with van der Waals surface area (Å²) in [5, 5.41) is 8.82. The van der Waals surface area contributed by atoms with Crippen LogP contribution in [0.15, 0.2) is 24.3 Å². The molecule has 2 amide bonds. The molecule has 1 aromatic rings. The number of carbonyl (C=O) groups excluding carboxylic acids is 1. The predicted octanol–water partition coefficient (Wildman–Crippen LogP) is 2.56. The van der Waals surface area contributed by atoms with Gasteiger partial charge < -0.3 is 14.9 Å². The van der Waals surface area contributed by atoms with Crippen LogP contribution < -0.4 is 0 Å². The molecule has 21 heavy (non-hydrogen) atoms. The van der Waals surface area contributed by atoms with Gasteiger partial charge in [-0.1, -0.05) is 12.1 Å². The molecule has 1 unspecified atom stereocenters. The Labute approximate surface area is 124 Å². The van der Waals surface area contributed by atoms with Gasteiger partial charge in [-0.25, -0.2) is 9.18 Å². The molecule has 0 spiro atoms. The minimum absolute atomic E-state index is 0.104. The van der Waals surface area contributed by atoms with Crippen molar-refractivity contribution in [2.75, 3.05) is 13.6 Å². The van der Waals surface area contributed by atoms with Crippen LogP contribution in [0, 0.1) is 5.82 Å². The first kappa shape index (κ1) is 16.9. The maximum Gasteiger partial charge on any atom is 0.320 e. The number of carbonyl (C=O) groups is 2. The summed E-state index contributed by atoms with van der Waals surface area (Å²) in [5.41, 5.74) is 0.688. The van der Waals surface area contributed by atoms with Gasteiger partial charge in [-0.05, 0) is 31.5 Å². The number of amides is 2. The highest BCUT2D eigenvalue weighted by Gasteiger charge is 2.23. The van der Waals surface area contributed by atoms with Crippen molar-refractivity contribution in [3.63, 3.8) is 0 Å². The molecule has 0 heterocycles. The van der Waals surface area contributed by atoms with Crippen molar-refractivity contribution < 1.29 is 19.1 Å². The number of rotatable bonds is 6. The van der Waals surface area contributed by atoms with E-state index in [1.54, 1.807) is 33.0 Å². The lowest BCUT2D eigenvalue weighted by atomic mass is 10.2. The van der Waals surface area contributed by atoms with Crippen LogP contribution in [0.25, 0.3) is 0 Å². The highest BCUT2D eigenvalue weighted by atomic mass is 19.1. The van der Waals surface area contributed by atoms with Crippen LogP contribution in [-0.4, -0.2) is 46.5 Å². The largest absolute Gasteiger partial charge is 0.481 e. The fraction of sp³-hybridized carbons (Fsp3) is 0.467. The Hall–Kier alpha value is -2.11. The maximum atomic E-state index is 13.1. The van der Waals surface area contributed by atoms with Crippen molar-refractivity contribution in [3.8, 4) is 0 Å². The Morgan fingerprint density at radius 3 is 2.57 bits per heavy atom. The third kappa shape index (κ3) is 5.06. The van der Waals surface area contributed by atoms with Crippen LogP contribution in [0.1, 0.15) is 25.8 Å². The van der Waals surface area contributed by atoms with Crippen LogP contribution in [0.3, 0.4) is 0 Å². The SMILES string of the molecule is CCN(C(=O)N(C)Cc1cccc(F)c1)C(C)CC(=O)O. The van der Waals surface area contributed by atoms with Gasteiger partial charge in [0.1, 0.15) is 5.82 Å². The van der Waals surface area contributed by atoms with Gasteiger partial charge >= 0.3 is 12.0 Å². The number of urea groups is 1. The van der Waals surface area contributed by atoms with Gasteiger partial charge in [0, 0.05) is 26.2 Å². The number of hydrogen-bond donors (Lipinski definition) is 1. The second kappa shape index (κ2) is 7.61. The molecule has 1 atom stereocenters. The molecular weight excluding hydrogens is 275 g/mol. The lowest BCUT2D eigenvalue weighted by Crippen LogP contribution is -2.46. The van der Waals surface area contributed by atoms with E-state index in [-0.39, 0.29) is 24.8 Å². The van der Waals surface area contributed by atoms with Crippen LogP contribution >= 0.6 is 0 Å². The van der Waals surface area contributed by atoms with Crippen LogP contribution in [0.2, 0.25) is 0 Å². The predicted molar refractivity (Wildman–Crippen MR) is 77.4 cm³/mol. The number of benzene rings is 1. The molecule has 1 N–H and O–H groups in total. The molecule has 0 aliphatic heterocycles. The van der Waals surface area contributed by atoms with Crippen LogP contribution in [0.5, 0.6) is 0 Å². The number of carboxylic acid groups (broad SMARTS) is 1. The van der Waals surface area contributed by atoms with Crippen LogP contribution in [0.4, 0.5) is 9.18 Å². The molecule has 0 saturated carbocycles. The second-order valence-corrected chi connectivity index (χ2v) is 5.00. The Morgan fingerprint density at radius 1 is 1.38 bits per heavy atom. The van der Waals surface area contributed by atoms with Gasteiger partial charge in [-0.3, -0.25) is 4.79 Å². The van der Waals surface area contributed by atoms with E-state index in [1.165, 1.54) is 21.9 Å². The van der Waals surface area contributed by atoms with Gasteiger partial charge in [-0.2, -0.15) is 0 Å². The van der Waals surface area contributed by atoms with E-state index in [1.807, 2.05) is 0 Å². The summed E-state index contributed by atoms with van der Waals surface area (Å²) in [6.45, 7) is 4.19. The highest BCUT2D eigenvalue weighted by Crippen LogP contribution is 2.11. The second-order valence-electron chi connectivity index (χ2n) is 5.00. The third-order valence-electron chi connectivity index (χ3n) is 3.22. The molecule has 0 aliphatic rings. The van der Waals surface area contributed by atoms with Gasteiger partial charge in [0.15, 0.2) is 0 Å². The van der Waals surface area contributed by atoms with Crippen molar-refractivity contribution in [2.45, 2.75) is 32.9 Å². The highest BCUT2D eigenvalue weighted by molar-refractivity contribution is 5.75. The number of carboxylic acids is 1. The van der Waals surface area contributed by atoms with Crippen molar-refractivity contribution in [2.24, 2.45) is 0 Å². The molecular formula is C15H21FN2O3. The molecule has 116 valence electrons. The standard InChI is InChI=1S/C15H21FN2O3/c1-4-18(11(2)8-14(19)20)15(21)17(3)10-12-6-5-7-13(16)9-12/h5-7,9,11H,4,8,10H2,1-3H3,(H,19,20). The van der Waals surface area contributed by atoms with Crippen molar-refractivity contribution >= 4 is 12.0 Å². The van der Waals surface area contributed by atoms with Crippen LogP contribution in [-0.2, 0) is 11.3 Å². The van der Waals surface area contributed by atoms with Gasteiger partial charge in [0.25, 0.3) is 0 Å². The fourth-order valence-corrected chi connectivity index (χ4v) is 2.19. The molecule has 1 rings (SSSR count). The number of aliphatic carboxylic acids is 1. The van der Waals surface area contributed by atoms with E-state index in [0.717, 1.165) is 0 Å². The van der Waals surface area contributed by atoms with E-state index in [4.69, 9.17) is 5.11 Å². The summed E-state index contributed by atoms with van der Waals surface area (Å²) in [6, 6.07) is 5.39. The Balaban J connectivity index is 2.73. The Kier molecular flexibility index (Phi) is 6.14. The van der Waals surface area contributed by atoms with Crippen molar-refractivity contribution in [3.05, 3.63) is 35.6 Å². The lowest BCUT2D eigenvalue weighted by Gasteiger charge is -2.31. The fourth-order valence-electron chi connectivity index (χ4n) is 2.19. The van der Waals surface area contributed by atoms with E-state index in [9.17, 15) is 14.0 Å². The molecule has 0 aliphatic carbocycles. The summed E-state index contributed by atoms with van der Waals surface area (Å²) in [7, 11) is 1.61. The monoisotopic (exact) mass is 296 g/mol. The van der Waals surface area contributed by atoms with Gasteiger partial charge in [0.2, 0.25) is 0 Å². The molecule has 6 heteroatoms. The zero-order valence-corrected chi connectivity index (χ0v) is 12.5. The molecule has 0 saturated heterocycles. The zero-order valence-electron chi connectivity index (χ0n) is 12.5. The summed E-state index contributed by atoms with van der Waals surface area (Å²) >= 11 is 0. The average Bonchev–Trinajstić information content (AvgIpc) is 2.38. The average molecular weight is 296 g/mol. The molecule has 0 fully saturated rings. The summed E-state index contributed by atoms with van der Waals surface area (Å²) in [4.78, 5) is 26.1. The number of hydrogen-bond acceptors (Lipinski definition) is 2. The summed E-state index contributed by atoms with van der Waals surface area (Å²) < 4.78 is 13.1. The third-order valence-corrected chi connectivity index (χ3v) is 3.22. The minimum Gasteiger partial charge on any atom is -0.481 e. The molecule has 5 nitrogen and oxygen atoms in total. The first-order valence-corrected chi connectivity index (χ1v) is 6.83. The normalized spacial score (nSPS) is 11.8. The minimum atomic E-state index is -0.943. The molecule has 0 bridgehead atoms. The molecule has 0 radical (unpaired) electrons. The Bertz CT molecular complexity index is 507.